The molecule has 0 bridgehead atoms. The molecule has 2 atom stereocenters. The Hall–Kier alpha value is -4.46. The van der Waals surface area contributed by atoms with Crippen LogP contribution in [0, 0.1) is 0 Å². The molecule has 10 nitrogen and oxygen atoms in total. The van der Waals surface area contributed by atoms with E-state index in [0.717, 1.165) is 0 Å². The zero-order chi connectivity index (χ0) is 31.3. The Kier molecular flexibility index (Phi) is 9.69. The van der Waals surface area contributed by atoms with Crippen LogP contribution in [0.3, 0.4) is 0 Å². The quantitative estimate of drug-likeness (QED) is 0.300. The van der Waals surface area contributed by atoms with Crippen molar-refractivity contribution in [2.75, 3.05) is 39.6 Å². The predicted molar refractivity (Wildman–Crippen MR) is 151 cm³/mol. The number of nitrogens with zero attached hydrogens (tertiary/aromatic N) is 3. The second-order valence-electron chi connectivity index (χ2n) is 9.92. The van der Waals surface area contributed by atoms with Crippen molar-refractivity contribution < 1.29 is 36.6 Å². The third kappa shape index (κ3) is 7.31. The van der Waals surface area contributed by atoms with E-state index in [-0.39, 0.29) is 40.8 Å². The first-order valence-electron chi connectivity index (χ1n) is 13.5. The minimum absolute atomic E-state index is 0.0867. The zero-order valence-electron chi connectivity index (χ0n) is 24.0. The Bertz CT molecular complexity index is 1490. The van der Waals surface area contributed by atoms with Crippen LogP contribution in [-0.4, -0.2) is 73.2 Å². The molecule has 1 fully saturated rings. The Labute approximate surface area is 245 Å². The van der Waals surface area contributed by atoms with Crippen LogP contribution in [-0.2, 0) is 12.6 Å². The molecule has 2 aromatic carbocycles. The molecule has 43 heavy (non-hydrogen) atoms. The molecule has 1 aliphatic rings. The van der Waals surface area contributed by atoms with Crippen molar-refractivity contribution in [2.24, 2.45) is 0 Å². The fraction of sp³-hybridized carbons (Fsp3) is 0.379. The van der Waals surface area contributed by atoms with Gasteiger partial charge in [0.2, 0.25) is 11.8 Å². The number of anilines is 2. The van der Waals surface area contributed by atoms with Crippen molar-refractivity contribution in [3.63, 3.8) is 0 Å². The van der Waals surface area contributed by atoms with Crippen molar-refractivity contribution >= 4 is 23.5 Å². The molecule has 0 saturated carbocycles. The summed E-state index contributed by atoms with van der Waals surface area (Å²) < 4.78 is 67.1. The van der Waals surface area contributed by atoms with Crippen LogP contribution in [0.15, 0.2) is 42.6 Å². The summed E-state index contributed by atoms with van der Waals surface area (Å²) in [5.74, 6) is -2.06. The number of halogens is 4. The molecule has 0 radical (unpaired) electrons. The molecular weight excluding hydrogens is 572 g/mol. The molecule has 3 aromatic rings. The van der Waals surface area contributed by atoms with Gasteiger partial charge in [0.1, 0.15) is 23.2 Å². The summed E-state index contributed by atoms with van der Waals surface area (Å²) >= 11 is 0. The van der Waals surface area contributed by atoms with Crippen molar-refractivity contribution in [2.45, 2.75) is 38.2 Å². The van der Waals surface area contributed by atoms with Gasteiger partial charge >= 0.3 is 6.18 Å². The highest BCUT2D eigenvalue weighted by Crippen LogP contribution is 2.39. The van der Waals surface area contributed by atoms with Gasteiger partial charge in [-0.1, -0.05) is 19.1 Å². The van der Waals surface area contributed by atoms with Gasteiger partial charge in [-0.25, -0.2) is 9.37 Å². The first-order valence-corrected chi connectivity index (χ1v) is 13.5. The first kappa shape index (κ1) is 31.5. The number of benzene rings is 2. The van der Waals surface area contributed by atoms with Crippen LogP contribution in [0.4, 0.5) is 29.2 Å². The fourth-order valence-electron chi connectivity index (χ4n) is 4.67. The van der Waals surface area contributed by atoms with Gasteiger partial charge in [-0.05, 0) is 49.7 Å². The Morgan fingerprint density at radius 2 is 1.91 bits per heavy atom. The largest absolute Gasteiger partial charge is 0.495 e. The molecular formula is C29H32F4N6O4. The smallest absolute Gasteiger partial charge is 0.423 e. The molecule has 1 aliphatic heterocycles. The monoisotopic (exact) mass is 604 g/mol. The molecule has 3 N–H and O–H groups in total. The van der Waals surface area contributed by atoms with Crippen LogP contribution in [0.25, 0.3) is 0 Å². The number of carbonyl (C=O) groups is 2. The van der Waals surface area contributed by atoms with E-state index in [4.69, 9.17) is 9.47 Å². The number of aromatic nitrogens is 2. The summed E-state index contributed by atoms with van der Waals surface area (Å²) in [6.07, 6.45) is -4.61. The number of piperidine rings is 1. The lowest BCUT2D eigenvalue weighted by Crippen LogP contribution is -2.51. The summed E-state index contributed by atoms with van der Waals surface area (Å²) in [7, 11) is 4.56. The third-order valence-electron chi connectivity index (χ3n) is 6.98. The van der Waals surface area contributed by atoms with E-state index >= 15 is 0 Å². The molecule has 1 aromatic heterocycles. The number of hydrogen-bond acceptors (Lipinski definition) is 8. The van der Waals surface area contributed by atoms with Crippen LogP contribution in [0.5, 0.6) is 17.4 Å². The molecule has 1 saturated heterocycles. The van der Waals surface area contributed by atoms with Gasteiger partial charge < -0.3 is 30.3 Å². The summed E-state index contributed by atoms with van der Waals surface area (Å²) in [6.45, 7) is 2.66. The number of ether oxygens (including phenoxy) is 2. The molecule has 230 valence electrons. The number of amides is 2. The van der Waals surface area contributed by atoms with E-state index in [9.17, 15) is 27.2 Å². The standard InChI is InChI=1S/C29H32F4N6O4/c1-5-16-7-6-8-22(24(16)26(41)34-2)43-27-18(29(31,32)33)14-35-28(38-27)37-21-10-9-17(13-23(21)42-4)25(40)36-20-11-12-39(3)15-19(20)30/h6-10,13-14,19-20H,5,11-12,15H2,1-4H3,(H,34,41)(H,36,40)(H,35,37,38)/t19-,20+/m1/s1. The van der Waals surface area contributed by atoms with Crippen molar-refractivity contribution in [3.8, 4) is 17.4 Å². The third-order valence-corrected chi connectivity index (χ3v) is 6.98. The van der Waals surface area contributed by atoms with Gasteiger partial charge in [-0.2, -0.15) is 18.2 Å². The maximum absolute atomic E-state index is 14.4. The van der Waals surface area contributed by atoms with E-state index in [1.807, 2.05) is 11.9 Å². The number of rotatable bonds is 9. The second kappa shape index (κ2) is 13.2. The van der Waals surface area contributed by atoms with Gasteiger partial charge in [0.15, 0.2) is 0 Å². The van der Waals surface area contributed by atoms with E-state index in [1.54, 1.807) is 19.1 Å². The first-order chi connectivity index (χ1) is 20.4. The highest BCUT2D eigenvalue weighted by Gasteiger charge is 2.37. The number of nitrogens with one attached hydrogen (secondary N) is 3. The molecule has 14 heteroatoms. The van der Waals surface area contributed by atoms with Gasteiger partial charge in [0.05, 0.1) is 24.4 Å². The average molecular weight is 605 g/mol. The topological polar surface area (TPSA) is 118 Å². The number of alkyl halides is 4. The zero-order valence-corrected chi connectivity index (χ0v) is 24.0. The average Bonchev–Trinajstić information content (AvgIpc) is 2.97. The van der Waals surface area contributed by atoms with E-state index in [1.165, 1.54) is 38.4 Å². The van der Waals surface area contributed by atoms with Crippen molar-refractivity contribution in [1.82, 2.24) is 25.5 Å². The number of methoxy groups -OCH3 is 1. The van der Waals surface area contributed by atoms with E-state index in [0.29, 0.717) is 31.1 Å². The van der Waals surface area contributed by atoms with Crippen molar-refractivity contribution in [3.05, 3.63) is 64.8 Å². The van der Waals surface area contributed by atoms with Crippen LogP contribution in [0.1, 0.15) is 45.2 Å². The summed E-state index contributed by atoms with van der Waals surface area (Å²) in [6, 6.07) is 8.32. The number of hydrogen-bond donors (Lipinski definition) is 3. The van der Waals surface area contributed by atoms with E-state index in [2.05, 4.69) is 25.9 Å². The van der Waals surface area contributed by atoms with Gasteiger partial charge in [0, 0.05) is 31.9 Å². The molecule has 0 aliphatic carbocycles. The SMILES string of the molecule is CCc1cccc(Oc2nc(Nc3ccc(C(=O)N[C@H]4CCN(C)C[C@H]4F)cc3OC)ncc2C(F)(F)F)c1C(=O)NC. The minimum Gasteiger partial charge on any atom is -0.495 e. The van der Waals surface area contributed by atoms with E-state index < -0.39 is 41.6 Å². The predicted octanol–water partition coefficient (Wildman–Crippen LogP) is 4.73. The number of aryl methyl sites for hydroxylation is 1. The van der Waals surface area contributed by atoms with Gasteiger partial charge in [-0.15, -0.1) is 0 Å². The normalized spacial score (nSPS) is 17.2. The number of carbonyl (C=O) groups excluding carboxylic acids is 2. The Balaban J connectivity index is 1.62. The van der Waals surface area contributed by atoms with Gasteiger partial charge in [0.25, 0.3) is 11.8 Å². The van der Waals surface area contributed by atoms with Crippen LogP contribution >= 0.6 is 0 Å². The maximum Gasteiger partial charge on any atom is 0.423 e. The van der Waals surface area contributed by atoms with Crippen molar-refractivity contribution in [1.29, 1.82) is 0 Å². The highest BCUT2D eigenvalue weighted by atomic mass is 19.4. The molecule has 0 spiro atoms. The lowest BCUT2D eigenvalue weighted by atomic mass is 10.0. The minimum atomic E-state index is -4.86. The maximum atomic E-state index is 14.4. The Morgan fingerprint density at radius 1 is 1.14 bits per heavy atom. The molecule has 4 rings (SSSR count). The van der Waals surface area contributed by atoms with Crippen LogP contribution < -0.4 is 25.4 Å². The Morgan fingerprint density at radius 3 is 2.56 bits per heavy atom. The molecule has 2 amide bonds. The highest BCUT2D eigenvalue weighted by molar-refractivity contribution is 5.98. The number of likely N-dealkylation sites (tertiary alicyclic amines) is 1. The lowest BCUT2D eigenvalue weighted by molar-refractivity contribution is -0.139. The van der Waals surface area contributed by atoms with Crippen LogP contribution in [0.2, 0.25) is 0 Å². The summed E-state index contributed by atoms with van der Waals surface area (Å²) in [5, 5.41) is 7.97. The summed E-state index contributed by atoms with van der Waals surface area (Å²) in [5.41, 5.74) is -0.148. The molecule has 2 heterocycles. The van der Waals surface area contributed by atoms with Gasteiger partial charge in [-0.3, -0.25) is 9.59 Å². The fourth-order valence-corrected chi connectivity index (χ4v) is 4.67. The molecule has 0 unspecified atom stereocenters. The second-order valence-corrected chi connectivity index (χ2v) is 9.92. The summed E-state index contributed by atoms with van der Waals surface area (Å²) in [4.78, 5) is 35.0. The lowest BCUT2D eigenvalue weighted by Gasteiger charge is -2.32.